The van der Waals surface area contributed by atoms with Gasteiger partial charge < -0.3 is 9.47 Å². The third-order valence-corrected chi connectivity index (χ3v) is 5.20. The quantitative estimate of drug-likeness (QED) is 0.559. The summed E-state index contributed by atoms with van der Waals surface area (Å²) < 4.78 is 2.03. The van der Waals surface area contributed by atoms with Crippen LogP contribution in [-0.2, 0) is 17.9 Å². The molecule has 140 valence electrons. The first-order valence-corrected chi connectivity index (χ1v) is 9.99. The third kappa shape index (κ3) is 4.74. The predicted molar refractivity (Wildman–Crippen MR) is 107 cm³/mol. The van der Waals surface area contributed by atoms with Gasteiger partial charge in [-0.2, -0.15) is 0 Å². The smallest absolute Gasteiger partial charge is 0.233 e. The maximum absolute atomic E-state index is 12.7. The van der Waals surface area contributed by atoms with Crippen LogP contribution in [0.3, 0.4) is 0 Å². The summed E-state index contributed by atoms with van der Waals surface area (Å²) in [5.74, 6) is 1.24. The number of pyridine rings is 1. The lowest BCUT2D eigenvalue weighted by Gasteiger charge is -2.20. The van der Waals surface area contributed by atoms with Gasteiger partial charge in [-0.3, -0.25) is 9.78 Å². The van der Waals surface area contributed by atoms with Gasteiger partial charge in [0.25, 0.3) is 0 Å². The Morgan fingerprint density at radius 3 is 2.48 bits per heavy atom. The fourth-order valence-corrected chi connectivity index (χ4v) is 3.70. The lowest BCUT2D eigenvalue weighted by molar-refractivity contribution is -0.128. The van der Waals surface area contributed by atoms with Gasteiger partial charge in [-0.1, -0.05) is 42.1 Å². The second-order valence-electron chi connectivity index (χ2n) is 5.97. The molecule has 0 saturated carbocycles. The van der Waals surface area contributed by atoms with Crippen LogP contribution in [-0.4, -0.2) is 42.9 Å². The van der Waals surface area contributed by atoms with E-state index in [1.165, 1.54) is 11.8 Å². The molecule has 0 spiro atoms. The maximum Gasteiger partial charge on any atom is 0.233 e. The molecular weight excluding hydrogens is 358 g/mol. The Morgan fingerprint density at radius 1 is 1.07 bits per heavy atom. The van der Waals surface area contributed by atoms with Crippen LogP contribution in [0.4, 0.5) is 0 Å². The maximum atomic E-state index is 12.7. The molecule has 2 heterocycles. The fraction of sp³-hybridized carbons (Fsp3) is 0.300. The molecule has 0 aliphatic rings. The van der Waals surface area contributed by atoms with Gasteiger partial charge >= 0.3 is 0 Å². The Kier molecular flexibility index (Phi) is 6.59. The van der Waals surface area contributed by atoms with E-state index in [-0.39, 0.29) is 5.91 Å². The number of thioether (sulfide) groups is 1. The van der Waals surface area contributed by atoms with E-state index >= 15 is 0 Å². The van der Waals surface area contributed by atoms with Crippen LogP contribution in [0.1, 0.15) is 19.4 Å². The van der Waals surface area contributed by atoms with E-state index in [1.54, 1.807) is 12.4 Å². The molecule has 2 aromatic heterocycles. The molecule has 3 rings (SSSR count). The molecule has 0 radical (unpaired) electrons. The standard InChI is InChI=1S/C20H23N5OS/c1-3-24(14-16-8-6-5-7-9-16)18(26)15-27-20-23-22-19(25(20)4-2)17-10-12-21-13-11-17/h5-13H,3-4,14-15H2,1-2H3. The lowest BCUT2D eigenvalue weighted by atomic mass is 10.2. The summed E-state index contributed by atoms with van der Waals surface area (Å²) in [4.78, 5) is 18.6. The van der Waals surface area contributed by atoms with E-state index in [2.05, 4.69) is 15.2 Å². The molecule has 0 aliphatic heterocycles. The van der Waals surface area contributed by atoms with Crippen LogP contribution in [0.2, 0.25) is 0 Å². The molecule has 0 fully saturated rings. The Morgan fingerprint density at radius 2 is 1.81 bits per heavy atom. The normalized spacial score (nSPS) is 10.7. The zero-order chi connectivity index (χ0) is 19.1. The van der Waals surface area contributed by atoms with Crippen molar-refractivity contribution in [2.24, 2.45) is 0 Å². The molecule has 0 unspecified atom stereocenters. The Labute approximate surface area is 163 Å². The number of hydrogen-bond donors (Lipinski definition) is 0. The Bertz CT molecular complexity index is 867. The number of rotatable bonds is 8. The fourth-order valence-electron chi connectivity index (χ4n) is 2.79. The molecule has 1 amide bonds. The topological polar surface area (TPSA) is 63.9 Å². The van der Waals surface area contributed by atoms with Gasteiger partial charge in [0.2, 0.25) is 5.91 Å². The summed E-state index contributed by atoms with van der Waals surface area (Å²) in [7, 11) is 0. The minimum Gasteiger partial charge on any atom is -0.338 e. The molecule has 1 aromatic carbocycles. The second-order valence-corrected chi connectivity index (χ2v) is 6.91. The van der Waals surface area contributed by atoms with E-state index in [9.17, 15) is 4.79 Å². The molecular formula is C20H23N5OS. The SMILES string of the molecule is CCN(Cc1ccccc1)C(=O)CSc1nnc(-c2ccncc2)n1CC. The van der Waals surface area contributed by atoms with Gasteiger partial charge in [0.05, 0.1) is 5.75 Å². The van der Waals surface area contributed by atoms with Crippen molar-refractivity contribution in [2.75, 3.05) is 12.3 Å². The monoisotopic (exact) mass is 381 g/mol. The van der Waals surface area contributed by atoms with Gasteiger partial charge in [0.1, 0.15) is 0 Å². The molecule has 0 N–H and O–H groups in total. The molecule has 6 nitrogen and oxygen atoms in total. The van der Waals surface area contributed by atoms with Crippen molar-refractivity contribution in [3.05, 3.63) is 60.4 Å². The van der Waals surface area contributed by atoms with Crippen LogP contribution in [0.15, 0.2) is 60.0 Å². The van der Waals surface area contributed by atoms with Crippen LogP contribution in [0.25, 0.3) is 11.4 Å². The highest BCUT2D eigenvalue weighted by Crippen LogP contribution is 2.23. The van der Waals surface area contributed by atoms with E-state index in [1.807, 2.05) is 65.8 Å². The predicted octanol–water partition coefficient (Wildman–Crippen LogP) is 3.50. The molecule has 7 heteroatoms. The first-order valence-electron chi connectivity index (χ1n) is 9.01. The third-order valence-electron chi connectivity index (χ3n) is 4.25. The first kappa shape index (κ1) is 19.1. The van der Waals surface area contributed by atoms with Crippen molar-refractivity contribution in [3.63, 3.8) is 0 Å². The summed E-state index contributed by atoms with van der Waals surface area (Å²) in [6, 6.07) is 13.9. The highest BCUT2D eigenvalue weighted by molar-refractivity contribution is 7.99. The average Bonchev–Trinajstić information content (AvgIpc) is 3.14. The Hall–Kier alpha value is -2.67. The number of carbonyl (C=O) groups is 1. The highest BCUT2D eigenvalue weighted by atomic mass is 32.2. The summed E-state index contributed by atoms with van der Waals surface area (Å²) in [5.41, 5.74) is 2.10. The van der Waals surface area contributed by atoms with Crippen LogP contribution >= 0.6 is 11.8 Å². The molecule has 0 bridgehead atoms. The molecule has 0 atom stereocenters. The zero-order valence-corrected chi connectivity index (χ0v) is 16.4. The van der Waals surface area contributed by atoms with E-state index in [0.29, 0.717) is 18.8 Å². The van der Waals surface area contributed by atoms with Crippen LogP contribution < -0.4 is 0 Å². The van der Waals surface area contributed by atoms with Crippen molar-refractivity contribution in [1.29, 1.82) is 0 Å². The first-order chi connectivity index (χ1) is 13.2. The van der Waals surface area contributed by atoms with E-state index in [0.717, 1.165) is 28.7 Å². The summed E-state index contributed by atoms with van der Waals surface area (Å²) in [6.45, 7) is 6.09. The average molecular weight is 382 g/mol. The van der Waals surface area contributed by atoms with Crippen LogP contribution in [0, 0.1) is 0 Å². The molecule has 3 aromatic rings. The van der Waals surface area contributed by atoms with Gasteiger partial charge in [-0.25, -0.2) is 0 Å². The van der Waals surface area contributed by atoms with E-state index < -0.39 is 0 Å². The van der Waals surface area contributed by atoms with Gasteiger partial charge in [-0.05, 0) is 31.5 Å². The minimum atomic E-state index is 0.0995. The van der Waals surface area contributed by atoms with E-state index in [4.69, 9.17) is 0 Å². The number of carbonyl (C=O) groups excluding carboxylic acids is 1. The van der Waals surface area contributed by atoms with Crippen molar-refractivity contribution in [1.82, 2.24) is 24.6 Å². The number of amides is 1. The number of benzene rings is 1. The van der Waals surface area contributed by atoms with Crippen LogP contribution in [0.5, 0.6) is 0 Å². The van der Waals surface area contributed by atoms with Crippen molar-refractivity contribution in [2.45, 2.75) is 32.1 Å². The highest BCUT2D eigenvalue weighted by Gasteiger charge is 2.17. The van der Waals surface area contributed by atoms with Gasteiger partial charge in [0, 0.05) is 37.6 Å². The zero-order valence-electron chi connectivity index (χ0n) is 15.6. The van der Waals surface area contributed by atoms with Gasteiger partial charge in [-0.15, -0.1) is 10.2 Å². The summed E-state index contributed by atoms with van der Waals surface area (Å²) in [5, 5.41) is 9.35. The molecule has 0 saturated heterocycles. The minimum absolute atomic E-state index is 0.0995. The number of hydrogen-bond acceptors (Lipinski definition) is 5. The largest absolute Gasteiger partial charge is 0.338 e. The van der Waals surface area contributed by atoms with Crippen molar-refractivity contribution >= 4 is 17.7 Å². The summed E-state index contributed by atoms with van der Waals surface area (Å²) in [6.07, 6.45) is 3.48. The van der Waals surface area contributed by atoms with Gasteiger partial charge in [0.15, 0.2) is 11.0 Å². The number of nitrogens with zero attached hydrogens (tertiary/aromatic N) is 5. The van der Waals surface area contributed by atoms with Crippen molar-refractivity contribution < 1.29 is 4.79 Å². The number of aromatic nitrogens is 4. The molecule has 0 aliphatic carbocycles. The molecule has 27 heavy (non-hydrogen) atoms. The second kappa shape index (κ2) is 9.32. The summed E-state index contributed by atoms with van der Waals surface area (Å²) >= 11 is 1.43. The Balaban J connectivity index is 1.67. The van der Waals surface area contributed by atoms with Crippen molar-refractivity contribution in [3.8, 4) is 11.4 Å². The lowest BCUT2D eigenvalue weighted by Crippen LogP contribution is -2.31.